The van der Waals surface area contributed by atoms with E-state index in [0.29, 0.717) is 31.0 Å². The number of fused-ring (bicyclic) bond motifs is 1. The van der Waals surface area contributed by atoms with Crippen molar-refractivity contribution in [3.05, 3.63) is 88.6 Å². The van der Waals surface area contributed by atoms with Crippen molar-refractivity contribution in [1.29, 1.82) is 0 Å². The molecule has 2 heterocycles. The first-order valence-electron chi connectivity index (χ1n) is 10.4. The summed E-state index contributed by atoms with van der Waals surface area (Å²) in [6.45, 7) is 3.33. The number of hydrogen-bond donors (Lipinski definition) is 1. The topological polar surface area (TPSA) is 74.8 Å². The van der Waals surface area contributed by atoms with Gasteiger partial charge in [-0.3, -0.25) is 9.69 Å². The molecule has 2 aromatic carbocycles. The molecule has 164 valence electrons. The number of benzene rings is 2. The second-order valence-electron chi connectivity index (χ2n) is 7.92. The van der Waals surface area contributed by atoms with E-state index in [0.717, 1.165) is 22.4 Å². The van der Waals surface area contributed by atoms with Gasteiger partial charge in [-0.15, -0.1) is 0 Å². The number of hydrogen-bond acceptors (Lipinski definition) is 4. The van der Waals surface area contributed by atoms with Crippen molar-refractivity contribution in [3.63, 3.8) is 0 Å². The highest BCUT2D eigenvalue weighted by molar-refractivity contribution is 5.96. The molecule has 0 aliphatic carbocycles. The third-order valence-corrected chi connectivity index (χ3v) is 5.55. The van der Waals surface area contributed by atoms with Gasteiger partial charge >= 0.3 is 6.03 Å². The maximum atomic E-state index is 12.8. The number of urea groups is 1. The van der Waals surface area contributed by atoms with Gasteiger partial charge in [0.05, 0.1) is 19.2 Å². The van der Waals surface area contributed by atoms with Crippen molar-refractivity contribution >= 4 is 17.8 Å². The van der Waals surface area contributed by atoms with Crippen LogP contribution in [0.1, 0.15) is 32.6 Å². The van der Waals surface area contributed by atoms with Gasteiger partial charge in [-0.05, 0) is 36.2 Å². The highest BCUT2D eigenvalue weighted by Gasteiger charge is 2.29. The van der Waals surface area contributed by atoms with Gasteiger partial charge in [0.25, 0.3) is 5.91 Å². The SMILES string of the molecule is COc1ccc(CNC(=O)c2cnc3c(c2)CN(Cc2ccc(C)cc2)C(=O)N3C)cc1. The molecule has 7 heteroatoms. The van der Waals surface area contributed by atoms with E-state index in [1.165, 1.54) is 16.7 Å². The van der Waals surface area contributed by atoms with Crippen molar-refractivity contribution in [2.24, 2.45) is 0 Å². The van der Waals surface area contributed by atoms with Gasteiger partial charge in [0, 0.05) is 31.9 Å². The Morgan fingerprint density at radius 3 is 2.47 bits per heavy atom. The molecule has 0 unspecified atom stereocenters. The summed E-state index contributed by atoms with van der Waals surface area (Å²) in [6.07, 6.45) is 1.52. The number of aromatic nitrogens is 1. The van der Waals surface area contributed by atoms with E-state index < -0.39 is 0 Å². The third-order valence-electron chi connectivity index (χ3n) is 5.55. The van der Waals surface area contributed by atoms with Crippen LogP contribution < -0.4 is 15.0 Å². The van der Waals surface area contributed by atoms with E-state index in [-0.39, 0.29) is 11.9 Å². The van der Waals surface area contributed by atoms with E-state index in [2.05, 4.69) is 10.3 Å². The first-order valence-corrected chi connectivity index (χ1v) is 10.4. The minimum absolute atomic E-state index is 0.109. The van der Waals surface area contributed by atoms with Crippen LogP contribution in [-0.2, 0) is 19.6 Å². The average Bonchev–Trinajstić information content (AvgIpc) is 2.82. The molecule has 3 amide bonds. The highest BCUT2D eigenvalue weighted by atomic mass is 16.5. The number of anilines is 1. The summed E-state index contributed by atoms with van der Waals surface area (Å²) in [5.41, 5.74) is 4.52. The van der Waals surface area contributed by atoms with Crippen molar-refractivity contribution in [3.8, 4) is 5.75 Å². The van der Waals surface area contributed by atoms with Gasteiger partial charge in [0.1, 0.15) is 11.6 Å². The Labute approximate surface area is 187 Å². The maximum Gasteiger partial charge on any atom is 0.326 e. The summed E-state index contributed by atoms with van der Waals surface area (Å²) in [5, 5.41) is 2.92. The first kappa shape index (κ1) is 21.4. The molecule has 0 bridgehead atoms. The van der Waals surface area contributed by atoms with Crippen LogP contribution in [0.25, 0.3) is 0 Å². The largest absolute Gasteiger partial charge is 0.497 e. The van der Waals surface area contributed by atoms with E-state index in [9.17, 15) is 9.59 Å². The van der Waals surface area contributed by atoms with Gasteiger partial charge in [-0.25, -0.2) is 9.78 Å². The monoisotopic (exact) mass is 430 g/mol. The lowest BCUT2D eigenvalue weighted by Gasteiger charge is -2.34. The fourth-order valence-corrected chi connectivity index (χ4v) is 3.69. The zero-order valence-electron chi connectivity index (χ0n) is 18.5. The fourth-order valence-electron chi connectivity index (χ4n) is 3.69. The van der Waals surface area contributed by atoms with Crippen LogP contribution >= 0.6 is 0 Å². The lowest BCUT2D eigenvalue weighted by molar-refractivity contribution is 0.0950. The van der Waals surface area contributed by atoms with Crippen LogP contribution in [0.4, 0.5) is 10.6 Å². The van der Waals surface area contributed by atoms with Crippen LogP contribution in [0, 0.1) is 6.92 Å². The van der Waals surface area contributed by atoms with Crippen LogP contribution in [0.5, 0.6) is 5.75 Å². The standard InChI is InChI=1S/C25H26N4O3/c1-17-4-6-19(7-5-17)15-29-16-21-12-20(14-26-23(21)28(2)25(29)31)24(30)27-13-18-8-10-22(32-3)11-9-18/h4-12,14H,13,15-16H2,1-3H3,(H,27,30). The Morgan fingerprint density at radius 2 is 1.78 bits per heavy atom. The summed E-state index contributed by atoms with van der Waals surface area (Å²) in [5.74, 6) is 1.15. The molecule has 0 atom stereocenters. The lowest BCUT2D eigenvalue weighted by Crippen LogP contribution is -2.45. The number of carbonyl (C=O) groups is 2. The molecular formula is C25H26N4O3. The Kier molecular flexibility index (Phi) is 6.07. The summed E-state index contributed by atoms with van der Waals surface area (Å²) >= 11 is 0. The Bertz CT molecular complexity index is 1130. The Balaban J connectivity index is 1.47. The summed E-state index contributed by atoms with van der Waals surface area (Å²) in [4.78, 5) is 33.2. The minimum Gasteiger partial charge on any atom is -0.497 e. The summed E-state index contributed by atoms with van der Waals surface area (Å²) < 4.78 is 5.16. The van der Waals surface area contributed by atoms with Crippen molar-refractivity contribution in [2.45, 2.75) is 26.6 Å². The van der Waals surface area contributed by atoms with Gasteiger partial charge in [-0.2, -0.15) is 0 Å². The average molecular weight is 431 g/mol. The molecule has 0 spiro atoms. The molecule has 7 nitrogen and oxygen atoms in total. The van der Waals surface area contributed by atoms with E-state index in [4.69, 9.17) is 4.74 Å². The van der Waals surface area contributed by atoms with Crippen molar-refractivity contribution < 1.29 is 14.3 Å². The fraction of sp³-hybridized carbons (Fsp3) is 0.240. The number of rotatable bonds is 6. The Morgan fingerprint density at radius 1 is 1.09 bits per heavy atom. The summed E-state index contributed by atoms with van der Waals surface area (Å²) in [6, 6.07) is 17.4. The molecule has 1 aliphatic heterocycles. The van der Waals surface area contributed by atoms with Gasteiger partial charge in [0.2, 0.25) is 0 Å². The zero-order chi connectivity index (χ0) is 22.7. The van der Waals surface area contributed by atoms with E-state index >= 15 is 0 Å². The molecule has 1 aliphatic rings. The predicted octanol–water partition coefficient (Wildman–Crippen LogP) is 3.90. The number of pyridine rings is 1. The second-order valence-corrected chi connectivity index (χ2v) is 7.92. The zero-order valence-corrected chi connectivity index (χ0v) is 18.5. The van der Waals surface area contributed by atoms with E-state index in [1.54, 1.807) is 19.1 Å². The molecule has 1 N–H and O–H groups in total. The number of ether oxygens (including phenoxy) is 1. The molecule has 0 fully saturated rings. The van der Waals surface area contributed by atoms with Crippen molar-refractivity contribution in [2.75, 3.05) is 19.1 Å². The molecule has 0 saturated heterocycles. The van der Waals surface area contributed by atoms with Gasteiger partial charge in [0.15, 0.2) is 0 Å². The molecule has 0 radical (unpaired) electrons. The van der Waals surface area contributed by atoms with Crippen LogP contribution in [0.2, 0.25) is 0 Å². The third kappa shape index (κ3) is 4.56. The first-order chi connectivity index (χ1) is 15.4. The summed E-state index contributed by atoms with van der Waals surface area (Å²) in [7, 11) is 3.33. The van der Waals surface area contributed by atoms with Crippen LogP contribution in [-0.4, -0.2) is 36.0 Å². The predicted molar refractivity (Wildman–Crippen MR) is 123 cm³/mol. The lowest BCUT2D eigenvalue weighted by atomic mass is 10.1. The molecule has 32 heavy (non-hydrogen) atoms. The van der Waals surface area contributed by atoms with E-state index in [1.807, 2.05) is 61.5 Å². The smallest absolute Gasteiger partial charge is 0.326 e. The number of amides is 3. The highest BCUT2D eigenvalue weighted by Crippen LogP contribution is 2.27. The second kappa shape index (κ2) is 9.09. The number of aryl methyl sites for hydroxylation is 1. The van der Waals surface area contributed by atoms with Crippen LogP contribution in [0.3, 0.4) is 0 Å². The normalized spacial score (nSPS) is 13.0. The number of methoxy groups -OCH3 is 1. The molecule has 3 aromatic rings. The van der Waals surface area contributed by atoms with Crippen LogP contribution in [0.15, 0.2) is 60.8 Å². The minimum atomic E-state index is -0.208. The molecule has 4 rings (SSSR count). The Hall–Kier alpha value is -3.87. The molecule has 1 aromatic heterocycles. The quantitative estimate of drug-likeness (QED) is 0.644. The van der Waals surface area contributed by atoms with Crippen molar-refractivity contribution in [1.82, 2.24) is 15.2 Å². The maximum absolute atomic E-state index is 12.8. The molecule has 0 saturated carbocycles. The van der Waals surface area contributed by atoms with Gasteiger partial charge < -0.3 is 15.0 Å². The number of nitrogens with one attached hydrogen (secondary N) is 1. The van der Waals surface area contributed by atoms with Gasteiger partial charge in [-0.1, -0.05) is 42.0 Å². The number of nitrogens with zero attached hydrogens (tertiary/aromatic N) is 3. The molecular weight excluding hydrogens is 404 g/mol. The number of carbonyl (C=O) groups excluding carboxylic acids is 2.